The molecule has 3 aromatic rings. The Labute approximate surface area is 210 Å². The molecule has 10 heteroatoms. The first-order valence-corrected chi connectivity index (χ1v) is 12.2. The molecule has 1 saturated heterocycles. The number of fused-ring (bicyclic) bond motifs is 1. The number of primary amides is 1. The van der Waals surface area contributed by atoms with Gasteiger partial charge in [-0.3, -0.25) is 4.79 Å². The molecule has 36 heavy (non-hydrogen) atoms. The maximum Gasteiger partial charge on any atom is 0.273 e. The van der Waals surface area contributed by atoms with Gasteiger partial charge in [0, 0.05) is 30.9 Å². The Hall–Kier alpha value is -3.76. The lowest BCUT2D eigenvalue weighted by molar-refractivity contribution is 0.0154. The van der Waals surface area contributed by atoms with Crippen LogP contribution in [0.25, 0.3) is 0 Å². The van der Waals surface area contributed by atoms with Crippen molar-refractivity contribution in [1.82, 2.24) is 20.1 Å². The van der Waals surface area contributed by atoms with E-state index in [-0.39, 0.29) is 23.6 Å². The number of hydrogen-bond donors (Lipinski definition) is 3. The number of carbonyl (C=O) groups excluding carboxylic acids is 1. The second kappa shape index (κ2) is 10.5. The van der Waals surface area contributed by atoms with Gasteiger partial charge >= 0.3 is 0 Å². The highest BCUT2D eigenvalue weighted by Gasteiger charge is 2.22. The fourth-order valence-corrected chi connectivity index (χ4v) is 4.75. The molecule has 188 valence electrons. The Balaban J connectivity index is 1.46. The Morgan fingerprint density at radius 1 is 1.14 bits per heavy atom. The van der Waals surface area contributed by atoms with Gasteiger partial charge in [0.25, 0.3) is 5.91 Å². The first-order valence-electron chi connectivity index (χ1n) is 12.2. The van der Waals surface area contributed by atoms with E-state index in [0.717, 1.165) is 62.3 Å². The summed E-state index contributed by atoms with van der Waals surface area (Å²) in [5.74, 6) is 0.413. The lowest BCUT2D eigenvalue weighted by Crippen LogP contribution is -2.26. The molecule has 5 rings (SSSR count). The fourth-order valence-electron chi connectivity index (χ4n) is 4.75. The number of rotatable bonds is 7. The highest BCUT2D eigenvalue weighted by molar-refractivity contribution is 5.96. The maximum atomic E-state index is 12.1. The third-order valence-corrected chi connectivity index (χ3v) is 6.63. The van der Waals surface area contributed by atoms with Crippen LogP contribution < -0.4 is 21.1 Å². The van der Waals surface area contributed by atoms with Crippen molar-refractivity contribution in [3.05, 3.63) is 58.8 Å². The molecule has 2 aromatic carbocycles. The number of hydrogen-bond acceptors (Lipinski definition) is 9. The van der Waals surface area contributed by atoms with Gasteiger partial charge in [-0.15, -0.1) is 10.2 Å². The van der Waals surface area contributed by atoms with E-state index in [1.54, 1.807) is 7.11 Å². The predicted molar refractivity (Wildman–Crippen MR) is 137 cm³/mol. The zero-order valence-corrected chi connectivity index (χ0v) is 20.6. The number of benzene rings is 2. The molecule has 4 N–H and O–H groups in total. The number of para-hydroxylation sites is 1. The molecule has 1 unspecified atom stereocenters. The quantitative estimate of drug-likeness (QED) is 0.455. The van der Waals surface area contributed by atoms with Crippen molar-refractivity contribution in [2.75, 3.05) is 37.9 Å². The number of anilines is 4. The first kappa shape index (κ1) is 24.0. The van der Waals surface area contributed by atoms with Gasteiger partial charge in [0.15, 0.2) is 11.5 Å². The molecule has 3 heterocycles. The summed E-state index contributed by atoms with van der Waals surface area (Å²) in [5, 5.41) is 14.7. The van der Waals surface area contributed by atoms with Crippen LogP contribution in [0.3, 0.4) is 0 Å². The minimum absolute atomic E-state index is 0.0234. The molecular formula is C26H31N7O3. The average Bonchev–Trinajstić information content (AvgIpc) is 2.89. The molecule has 0 spiro atoms. The van der Waals surface area contributed by atoms with Crippen LogP contribution in [-0.2, 0) is 17.7 Å². The molecule has 0 saturated carbocycles. The number of aromatic nitrogens is 3. The predicted octanol–water partition coefficient (Wildman–Crippen LogP) is 3.70. The van der Waals surface area contributed by atoms with Gasteiger partial charge in [0.05, 0.1) is 18.9 Å². The molecule has 0 radical (unpaired) electrons. The second-order valence-corrected chi connectivity index (χ2v) is 9.20. The van der Waals surface area contributed by atoms with Crippen molar-refractivity contribution >= 4 is 29.0 Å². The third-order valence-electron chi connectivity index (χ3n) is 6.63. The Morgan fingerprint density at radius 3 is 2.78 bits per heavy atom. The van der Waals surface area contributed by atoms with Crippen LogP contribution in [0.2, 0.25) is 0 Å². The van der Waals surface area contributed by atoms with Crippen molar-refractivity contribution in [2.24, 2.45) is 5.73 Å². The Morgan fingerprint density at radius 2 is 2.00 bits per heavy atom. The van der Waals surface area contributed by atoms with E-state index in [2.05, 4.69) is 49.9 Å². The highest BCUT2D eigenvalue weighted by Crippen LogP contribution is 2.35. The molecular weight excluding hydrogens is 458 g/mol. The molecule has 1 atom stereocenters. The molecule has 1 amide bonds. The van der Waals surface area contributed by atoms with E-state index in [1.165, 1.54) is 11.1 Å². The zero-order chi connectivity index (χ0) is 25.1. The SMILES string of the molecule is COc1cc2c(cc1Nc1nnc(C(N)=O)c(Nc3ccccc3C3CCCCO3)n1)CN(C)CC2. The minimum Gasteiger partial charge on any atom is -0.495 e. The summed E-state index contributed by atoms with van der Waals surface area (Å²) in [6, 6.07) is 11.9. The van der Waals surface area contributed by atoms with Crippen molar-refractivity contribution in [3.63, 3.8) is 0 Å². The molecule has 0 aliphatic carbocycles. The number of likely N-dealkylation sites (N-methyl/N-ethyl adjacent to an activating group) is 1. The number of nitrogens with zero attached hydrogens (tertiary/aromatic N) is 4. The zero-order valence-electron chi connectivity index (χ0n) is 20.6. The number of ether oxygens (including phenoxy) is 2. The van der Waals surface area contributed by atoms with Crippen molar-refractivity contribution in [1.29, 1.82) is 0 Å². The van der Waals surface area contributed by atoms with E-state index in [0.29, 0.717) is 5.75 Å². The Bertz CT molecular complexity index is 1260. The van der Waals surface area contributed by atoms with Gasteiger partial charge < -0.3 is 30.7 Å². The van der Waals surface area contributed by atoms with Gasteiger partial charge in [0.2, 0.25) is 5.95 Å². The highest BCUT2D eigenvalue weighted by atomic mass is 16.5. The lowest BCUT2D eigenvalue weighted by Gasteiger charge is -2.26. The van der Waals surface area contributed by atoms with Gasteiger partial charge in [-0.25, -0.2) is 0 Å². The molecule has 1 aromatic heterocycles. The van der Waals surface area contributed by atoms with Gasteiger partial charge in [-0.1, -0.05) is 18.2 Å². The summed E-state index contributed by atoms with van der Waals surface area (Å²) in [6.07, 6.45) is 4.04. The van der Waals surface area contributed by atoms with Crippen LogP contribution in [0.1, 0.15) is 52.5 Å². The van der Waals surface area contributed by atoms with Crippen LogP contribution in [0, 0.1) is 0 Å². The van der Waals surface area contributed by atoms with E-state index < -0.39 is 5.91 Å². The lowest BCUT2D eigenvalue weighted by atomic mass is 9.99. The van der Waals surface area contributed by atoms with Gasteiger partial charge in [0.1, 0.15) is 5.75 Å². The van der Waals surface area contributed by atoms with E-state index >= 15 is 0 Å². The second-order valence-electron chi connectivity index (χ2n) is 9.20. The van der Waals surface area contributed by atoms with Crippen molar-refractivity contribution < 1.29 is 14.3 Å². The normalized spacial score (nSPS) is 17.8. The number of carbonyl (C=O) groups is 1. The summed E-state index contributed by atoms with van der Waals surface area (Å²) in [4.78, 5) is 19.0. The monoisotopic (exact) mass is 489 g/mol. The smallest absolute Gasteiger partial charge is 0.273 e. The van der Waals surface area contributed by atoms with Crippen LogP contribution in [-0.4, -0.2) is 53.3 Å². The topological polar surface area (TPSA) is 128 Å². The van der Waals surface area contributed by atoms with Crippen LogP contribution in [0.4, 0.5) is 23.1 Å². The number of amides is 1. The molecule has 0 bridgehead atoms. The van der Waals surface area contributed by atoms with Crippen molar-refractivity contribution in [3.8, 4) is 5.75 Å². The summed E-state index contributed by atoms with van der Waals surface area (Å²) in [5.41, 5.74) is 10.5. The summed E-state index contributed by atoms with van der Waals surface area (Å²) in [6.45, 7) is 2.58. The first-order chi connectivity index (χ1) is 17.5. The maximum absolute atomic E-state index is 12.1. The average molecular weight is 490 g/mol. The van der Waals surface area contributed by atoms with Gasteiger partial charge in [-0.2, -0.15) is 4.98 Å². The van der Waals surface area contributed by atoms with E-state index in [4.69, 9.17) is 15.2 Å². The van der Waals surface area contributed by atoms with E-state index in [1.807, 2.05) is 24.3 Å². The van der Waals surface area contributed by atoms with E-state index in [9.17, 15) is 4.79 Å². The largest absolute Gasteiger partial charge is 0.495 e. The van der Waals surface area contributed by atoms with Crippen LogP contribution >= 0.6 is 0 Å². The fraction of sp³-hybridized carbons (Fsp3) is 0.385. The molecule has 2 aliphatic rings. The third kappa shape index (κ3) is 5.09. The number of nitrogens with two attached hydrogens (primary N) is 1. The Kier molecular flexibility index (Phi) is 6.97. The van der Waals surface area contributed by atoms with Crippen molar-refractivity contribution in [2.45, 2.75) is 38.3 Å². The molecule has 1 fully saturated rings. The molecule has 10 nitrogen and oxygen atoms in total. The summed E-state index contributed by atoms with van der Waals surface area (Å²) < 4.78 is 11.6. The minimum atomic E-state index is -0.718. The summed E-state index contributed by atoms with van der Waals surface area (Å²) >= 11 is 0. The number of methoxy groups -OCH3 is 1. The summed E-state index contributed by atoms with van der Waals surface area (Å²) in [7, 11) is 3.73. The number of nitrogens with one attached hydrogen (secondary N) is 2. The van der Waals surface area contributed by atoms with Gasteiger partial charge in [-0.05, 0) is 62.1 Å². The van der Waals surface area contributed by atoms with Crippen LogP contribution in [0.5, 0.6) is 5.75 Å². The molecule has 2 aliphatic heterocycles. The standard InChI is InChI=1S/C26H31N7O3/c1-33-11-10-16-14-22(35-2)20(13-17(16)15-33)29-26-30-25(23(24(27)34)31-32-26)28-19-8-4-3-7-18(19)21-9-5-6-12-36-21/h3-4,7-8,13-14,21H,5-6,9-12,15H2,1-2H3,(H2,27,34)(H2,28,29,30,32). The van der Waals surface area contributed by atoms with Crippen LogP contribution in [0.15, 0.2) is 36.4 Å².